The highest BCUT2D eigenvalue weighted by molar-refractivity contribution is 5.59. The average molecular weight is 227 g/mol. The second-order valence-electron chi connectivity index (χ2n) is 4.56. The Labute approximate surface area is 102 Å². The molecular weight excluding hydrogens is 210 g/mol. The second-order valence-corrected chi connectivity index (χ2v) is 4.56. The van der Waals surface area contributed by atoms with Crippen molar-refractivity contribution in [3.8, 4) is 6.07 Å². The molecule has 1 heterocycles. The summed E-state index contributed by atoms with van der Waals surface area (Å²) in [6.45, 7) is 8.48. The van der Waals surface area contributed by atoms with E-state index < -0.39 is 0 Å². The first-order chi connectivity index (χ1) is 8.17. The number of aromatic nitrogens is 1. The summed E-state index contributed by atoms with van der Waals surface area (Å²) in [5.74, 6) is 0.826. The van der Waals surface area contributed by atoms with E-state index in [4.69, 9.17) is 0 Å². The summed E-state index contributed by atoms with van der Waals surface area (Å²) >= 11 is 0. The molecule has 1 aromatic rings. The lowest BCUT2D eigenvalue weighted by molar-refractivity contribution is 0.833. The SMILES string of the molecule is C=CCN(c1nc(C)cc(C)c1C#N)C1CC1. The topological polar surface area (TPSA) is 39.9 Å². The van der Waals surface area contributed by atoms with E-state index >= 15 is 0 Å². The summed E-state index contributed by atoms with van der Waals surface area (Å²) in [7, 11) is 0. The molecule has 1 aliphatic rings. The number of aryl methyl sites for hydroxylation is 2. The smallest absolute Gasteiger partial charge is 0.147 e. The van der Waals surface area contributed by atoms with E-state index in [-0.39, 0.29) is 0 Å². The molecule has 3 heteroatoms. The van der Waals surface area contributed by atoms with Crippen molar-refractivity contribution < 1.29 is 0 Å². The summed E-state index contributed by atoms with van der Waals surface area (Å²) in [4.78, 5) is 6.74. The van der Waals surface area contributed by atoms with Gasteiger partial charge in [0.05, 0.1) is 5.56 Å². The normalized spacial score (nSPS) is 14.2. The van der Waals surface area contributed by atoms with Crippen molar-refractivity contribution in [2.24, 2.45) is 0 Å². The van der Waals surface area contributed by atoms with E-state index in [9.17, 15) is 5.26 Å². The molecule has 0 unspecified atom stereocenters. The van der Waals surface area contributed by atoms with Crippen LogP contribution < -0.4 is 4.90 Å². The van der Waals surface area contributed by atoms with Crippen molar-refractivity contribution >= 4 is 5.82 Å². The molecule has 2 rings (SSSR count). The molecule has 1 fully saturated rings. The molecule has 0 spiro atoms. The van der Waals surface area contributed by atoms with E-state index in [1.165, 1.54) is 12.8 Å². The van der Waals surface area contributed by atoms with Gasteiger partial charge in [-0.25, -0.2) is 4.98 Å². The van der Waals surface area contributed by atoms with Gasteiger partial charge in [0.2, 0.25) is 0 Å². The molecular formula is C14H17N3. The average Bonchev–Trinajstić information content (AvgIpc) is 3.08. The van der Waals surface area contributed by atoms with Crippen molar-refractivity contribution in [1.82, 2.24) is 4.98 Å². The number of hydrogen-bond donors (Lipinski definition) is 0. The van der Waals surface area contributed by atoms with Gasteiger partial charge >= 0.3 is 0 Å². The van der Waals surface area contributed by atoms with Gasteiger partial charge in [-0.2, -0.15) is 5.26 Å². The van der Waals surface area contributed by atoms with Crippen LogP contribution in [-0.2, 0) is 0 Å². The zero-order valence-corrected chi connectivity index (χ0v) is 10.4. The number of nitriles is 1. The maximum Gasteiger partial charge on any atom is 0.147 e. The van der Waals surface area contributed by atoms with Crippen LogP contribution in [0, 0.1) is 25.2 Å². The first-order valence-corrected chi connectivity index (χ1v) is 5.93. The molecule has 88 valence electrons. The molecule has 1 aliphatic carbocycles. The van der Waals surface area contributed by atoms with Crippen LogP contribution in [0.5, 0.6) is 0 Å². The summed E-state index contributed by atoms with van der Waals surface area (Å²) in [6, 6.07) is 4.77. The zero-order chi connectivity index (χ0) is 12.4. The predicted octanol–water partition coefficient (Wildman–Crippen LogP) is 2.72. The minimum absolute atomic E-state index is 0.536. The maximum atomic E-state index is 9.27. The van der Waals surface area contributed by atoms with E-state index in [2.05, 4.69) is 22.5 Å². The van der Waals surface area contributed by atoms with Gasteiger partial charge in [0.1, 0.15) is 11.9 Å². The number of pyridine rings is 1. The largest absolute Gasteiger partial charge is 0.349 e. The third kappa shape index (κ3) is 2.31. The number of nitrogens with zero attached hydrogens (tertiary/aromatic N) is 3. The van der Waals surface area contributed by atoms with E-state index in [1.54, 1.807) is 0 Å². The molecule has 0 amide bonds. The van der Waals surface area contributed by atoms with Crippen LogP contribution in [0.3, 0.4) is 0 Å². The van der Waals surface area contributed by atoms with Crippen LogP contribution in [-0.4, -0.2) is 17.6 Å². The van der Waals surface area contributed by atoms with Gasteiger partial charge in [-0.1, -0.05) is 6.08 Å². The standard InChI is InChI=1S/C14H17N3/c1-4-7-17(12-5-6-12)14-13(9-15)10(2)8-11(3)16-14/h4,8,12H,1,5-7H2,2-3H3. The van der Waals surface area contributed by atoms with Crippen molar-refractivity contribution in [3.63, 3.8) is 0 Å². The highest BCUT2D eigenvalue weighted by Gasteiger charge is 2.31. The van der Waals surface area contributed by atoms with Crippen LogP contribution in [0.4, 0.5) is 5.82 Å². The Hall–Kier alpha value is -1.82. The number of rotatable bonds is 4. The van der Waals surface area contributed by atoms with E-state index in [0.717, 1.165) is 23.6 Å². The molecule has 0 atom stereocenters. The lowest BCUT2D eigenvalue weighted by Crippen LogP contribution is -2.28. The van der Waals surface area contributed by atoms with Gasteiger partial charge in [0, 0.05) is 18.3 Å². The van der Waals surface area contributed by atoms with Crippen LogP contribution in [0.15, 0.2) is 18.7 Å². The lowest BCUT2D eigenvalue weighted by Gasteiger charge is -2.23. The van der Waals surface area contributed by atoms with Gasteiger partial charge in [-0.15, -0.1) is 6.58 Å². The van der Waals surface area contributed by atoms with Crippen LogP contribution >= 0.6 is 0 Å². The monoisotopic (exact) mass is 227 g/mol. The Kier molecular flexibility index (Phi) is 3.14. The summed E-state index contributed by atoms with van der Waals surface area (Å²) in [5.41, 5.74) is 2.67. The first kappa shape index (κ1) is 11.7. The highest BCUT2D eigenvalue weighted by Crippen LogP contribution is 2.33. The van der Waals surface area contributed by atoms with Crippen molar-refractivity contribution in [2.75, 3.05) is 11.4 Å². The zero-order valence-electron chi connectivity index (χ0n) is 10.4. The molecule has 17 heavy (non-hydrogen) atoms. The maximum absolute atomic E-state index is 9.27. The van der Waals surface area contributed by atoms with E-state index in [1.807, 2.05) is 26.0 Å². The second kappa shape index (κ2) is 4.58. The fraction of sp³-hybridized carbons (Fsp3) is 0.429. The van der Waals surface area contributed by atoms with Crippen molar-refractivity contribution in [2.45, 2.75) is 32.7 Å². The van der Waals surface area contributed by atoms with Gasteiger partial charge in [0.15, 0.2) is 0 Å². The summed E-state index contributed by atoms with van der Waals surface area (Å²) in [5, 5.41) is 9.27. The third-order valence-electron chi connectivity index (χ3n) is 3.02. The molecule has 3 nitrogen and oxygen atoms in total. The Bertz CT molecular complexity index is 481. The van der Waals surface area contributed by atoms with Crippen molar-refractivity contribution in [1.29, 1.82) is 5.26 Å². The fourth-order valence-corrected chi connectivity index (χ4v) is 2.10. The Balaban J connectivity index is 2.47. The molecule has 0 N–H and O–H groups in total. The van der Waals surface area contributed by atoms with Gasteiger partial charge in [0.25, 0.3) is 0 Å². The van der Waals surface area contributed by atoms with Crippen LogP contribution in [0.25, 0.3) is 0 Å². The Morgan fingerprint density at radius 1 is 1.59 bits per heavy atom. The number of hydrogen-bond acceptors (Lipinski definition) is 3. The molecule has 0 aliphatic heterocycles. The molecule has 0 radical (unpaired) electrons. The molecule has 1 aromatic heterocycles. The van der Waals surface area contributed by atoms with Crippen LogP contribution in [0.1, 0.15) is 29.7 Å². The van der Waals surface area contributed by atoms with Gasteiger partial charge in [-0.3, -0.25) is 0 Å². The van der Waals surface area contributed by atoms with Gasteiger partial charge < -0.3 is 4.90 Å². The Morgan fingerprint density at radius 2 is 2.29 bits per heavy atom. The van der Waals surface area contributed by atoms with E-state index in [0.29, 0.717) is 11.6 Å². The lowest BCUT2D eigenvalue weighted by atomic mass is 10.1. The first-order valence-electron chi connectivity index (χ1n) is 5.93. The molecule has 0 bridgehead atoms. The fourth-order valence-electron chi connectivity index (χ4n) is 2.10. The minimum atomic E-state index is 0.536. The summed E-state index contributed by atoms with van der Waals surface area (Å²) < 4.78 is 0. The van der Waals surface area contributed by atoms with Crippen LogP contribution in [0.2, 0.25) is 0 Å². The minimum Gasteiger partial charge on any atom is -0.349 e. The summed E-state index contributed by atoms with van der Waals surface area (Å²) in [6.07, 6.45) is 4.25. The molecule has 1 saturated carbocycles. The number of anilines is 1. The molecule has 0 saturated heterocycles. The van der Waals surface area contributed by atoms with Gasteiger partial charge in [-0.05, 0) is 38.3 Å². The quantitative estimate of drug-likeness (QED) is 0.742. The third-order valence-corrected chi connectivity index (χ3v) is 3.02. The highest BCUT2D eigenvalue weighted by atomic mass is 15.2. The molecule has 0 aromatic carbocycles. The Morgan fingerprint density at radius 3 is 2.82 bits per heavy atom. The van der Waals surface area contributed by atoms with Crippen molar-refractivity contribution in [3.05, 3.63) is 35.5 Å². The predicted molar refractivity (Wildman–Crippen MR) is 69.0 cm³/mol.